The minimum atomic E-state index is -0.0763. The van der Waals surface area contributed by atoms with Gasteiger partial charge in [0.2, 0.25) is 5.91 Å². The van der Waals surface area contributed by atoms with Crippen molar-refractivity contribution in [3.05, 3.63) is 0 Å². The van der Waals surface area contributed by atoms with E-state index >= 15 is 0 Å². The van der Waals surface area contributed by atoms with E-state index in [1.165, 1.54) is 0 Å². The third-order valence-corrected chi connectivity index (χ3v) is 3.76. The highest BCUT2D eigenvalue weighted by molar-refractivity contribution is 5.81. The van der Waals surface area contributed by atoms with Crippen molar-refractivity contribution in [3.63, 3.8) is 0 Å². The van der Waals surface area contributed by atoms with Crippen LogP contribution in [0.15, 0.2) is 0 Å². The Labute approximate surface area is 104 Å². The quantitative estimate of drug-likeness (QED) is 0.801. The molecule has 98 valence electrons. The highest BCUT2D eigenvalue weighted by atomic mass is 16.5. The van der Waals surface area contributed by atoms with E-state index in [1.807, 2.05) is 11.8 Å². The predicted molar refractivity (Wildman–Crippen MR) is 66.8 cm³/mol. The minimum absolute atomic E-state index is 0.0763. The van der Waals surface area contributed by atoms with Crippen LogP contribution in [0, 0.1) is 0 Å². The number of nitrogens with one attached hydrogen (secondary N) is 1. The molecule has 0 aliphatic carbocycles. The first-order valence-electron chi connectivity index (χ1n) is 6.84. The second-order valence-corrected chi connectivity index (χ2v) is 5.31. The lowest BCUT2D eigenvalue weighted by molar-refractivity contribution is -0.132. The second-order valence-electron chi connectivity index (χ2n) is 5.31. The molecule has 0 aromatic rings. The highest BCUT2D eigenvalue weighted by Crippen LogP contribution is 2.18. The van der Waals surface area contributed by atoms with E-state index in [9.17, 15) is 4.79 Å². The Kier molecular flexibility index (Phi) is 4.40. The number of carbonyl (C=O) groups excluding carboxylic acids is 1. The van der Waals surface area contributed by atoms with Gasteiger partial charge in [-0.1, -0.05) is 0 Å². The molecule has 1 amide bonds. The monoisotopic (exact) mass is 240 g/mol. The van der Waals surface area contributed by atoms with Crippen LogP contribution in [0.4, 0.5) is 0 Å². The van der Waals surface area contributed by atoms with Crippen molar-refractivity contribution in [2.75, 3.05) is 19.6 Å². The maximum Gasteiger partial charge on any atom is 0.239 e. The number of carbonyl (C=O) groups is 1. The van der Waals surface area contributed by atoms with Crippen LogP contribution in [0.2, 0.25) is 0 Å². The van der Waals surface area contributed by atoms with Gasteiger partial charge in [-0.2, -0.15) is 0 Å². The molecule has 0 spiro atoms. The number of likely N-dealkylation sites (tertiary alicyclic amines) is 1. The van der Waals surface area contributed by atoms with Gasteiger partial charge in [-0.15, -0.1) is 0 Å². The van der Waals surface area contributed by atoms with Crippen molar-refractivity contribution in [1.29, 1.82) is 0 Å². The molecule has 4 nitrogen and oxygen atoms in total. The third-order valence-electron chi connectivity index (χ3n) is 3.76. The van der Waals surface area contributed by atoms with E-state index in [4.69, 9.17) is 4.74 Å². The standard InChI is InChI=1S/C13H24N2O2/c1-10-5-6-12(17-10)9-14-11(2)13(16)15-7-3-4-8-15/h10-12,14H,3-9H2,1-2H3. The number of amides is 1. The molecular weight excluding hydrogens is 216 g/mol. The molecular formula is C13H24N2O2. The lowest BCUT2D eigenvalue weighted by Gasteiger charge is -2.22. The molecule has 2 aliphatic rings. The molecule has 2 fully saturated rings. The summed E-state index contributed by atoms with van der Waals surface area (Å²) in [6.07, 6.45) is 5.23. The molecule has 0 bridgehead atoms. The van der Waals surface area contributed by atoms with Crippen LogP contribution in [-0.4, -0.2) is 48.7 Å². The largest absolute Gasteiger partial charge is 0.374 e. The fraction of sp³-hybridized carbons (Fsp3) is 0.923. The summed E-state index contributed by atoms with van der Waals surface area (Å²) in [5.41, 5.74) is 0. The van der Waals surface area contributed by atoms with Crippen LogP contribution in [0.5, 0.6) is 0 Å². The Hall–Kier alpha value is -0.610. The van der Waals surface area contributed by atoms with Crippen LogP contribution in [0.3, 0.4) is 0 Å². The zero-order valence-electron chi connectivity index (χ0n) is 10.9. The molecule has 2 aliphatic heterocycles. The fourth-order valence-corrected chi connectivity index (χ4v) is 2.64. The Morgan fingerprint density at radius 1 is 1.41 bits per heavy atom. The van der Waals surface area contributed by atoms with Crippen molar-refractivity contribution in [2.45, 2.75) is 57.8 Å². The summed E-state index contributed by atoms with van der Waals surface area (Å²) in [5, 5.41) is 3.31. The second kappa shape index (κ2) is 5.83. The van der Waals surface area contributed by atoms with E-state index in [1.54, 1.807) is 0 Å². The van der Waals surface area contributed by atoms with Crippen LogP contribution in [-0.2, 0) is 9.53 Å². The van der Waals surface area contributed by atoms with Crippen LogP contribution < -0.4 is 5.32 Å². The summed E-state index contributed by atoms with van der Waals surface area (Å²) in [4.78, 5) is 14.0. The molecule has 3 atom stereocenters. The number of hydrogen-bond acceptors (Lipinski definition) is 3. The number of nitrogens with zero attached hydrogens (tertiary/aromatic N) is 1. The number of hydrogen-bond donors (Lipinski definition) is 1. The first-order chi connectivity index (χ1) is 8.16. The average molecular weight is 240 g/mol. The number of rotatable bonds is 4. The van der Waals surface area contributed by atoms with Gasteiger partial charge < -0.3 is 15.0 Å². The highest BCUT2D eigenvalue weighted by Gasteiger charge is 2.25. The molecule has 2 saturated heterocycles. The van der Waals surface area contributed by atoms with Crippen molar-refractivity contribution in [1.82, 2.24) is 10.2 Å². The van der Waals surface area contributed by atoms with Crippen LogP contribution in [0.1, 0.15) is 39.5 Å². The normalized spacial score (nSPS) is 30.8. The van der Waals surface area contributed by atoms with Gasteiger partial charge in [0.05, 0.1) is 18.2 Å². The molecule has 1 N–H and O–H groups in total. The first-order valence-corrected chi connectivity index (χ1v) is 6.84. The smallest absolute Gasteiger partial charge is 0.239 e. The van der Waals surface area contributed by atoms with Crippen molar-refractivity contribution in [3.8, 4) is 0 Å². The van der Waals surface area contributed by atoms with Crippen molar-refractivity contribution < 1.29 is 9.53 Å². The Morgan fingerprint density at radius 3 is 2.71 bits per heavy atom. The maximum absolute atomic E-state index is 12.0. The van der Waals surface area contributed by atoms with Gasteiger partial charge >= 0.3 is 0 Å². The lowest BCUT2D eigenvalue weighted by Crippen LogP contribution is -2.45. The average Bonchev–Trinajstić information content (AvgIpc) is 2.95. The van der Waals surface area contributed by atoms with Crippen LogP contribution >= 0.6 is 0 Å². The third kappa shape index (κ3) is 3.42. The zero-order valence-corrected chi connectivity index (χ0v) is 10.9. The van der Waals surface area contributed by atoms with Gasteiger partial charge in [0.15, 0.2) is 0 Å². The Balaban J connectivity index is 1.69. The summed E-state index contributed by atoms with van der Waals surface area (Å²) >= 11 is 0. The molecule has 0 aromatic heterocycles. The molecule has 17 heavy (non-hydrogen) atoms. The Bertz CT molecular complexity index is 264. The van der Waals surface area contributed by atoms with E-state index in [0.29, 0.717) is 12.2 Å². The van der Waals surface area contributed by atoms with Crippen molar-refractivity contribution in [2.24, 2.45) is 0 Å². The van der Waals surface area contributed by atoms with Crippen molar-refractivity contribution >= 4 is 5.91 Å². The van der Waals surface area contributed by atoms with E-state index < -0.39 is 0 Å². The van der Waals surface area contributed by atoms with Gasteiger partial charge in [-0.05, 0) is 39.5 Å². The van der Waals surface area contributed by atoms with Gasteiger partial charge in [0.1, 0.15) is 0 Å². The molecule has 3 unspecified atom stereocenters. The van der Waals surface area contributed by atoms with E-state index in [0.717, 1.165) is 45.3 Å². The topological polar surface area (TPSA) is 41.6 Å². The van der Waals surface area contributed by atoms with Gasteiger partial charge in [-0.25, -0.2) is 0 Å². The first kappa shape index (κ1) is 12.8. The van der Waals surface area contributed by atoms with Gasteiger partial charge in [0, 0.05) is 19.6 Å². The molecule has 2 heterocycles. The summed E-state index contributed by atoms with van der Waals surface area (Å²) < 4.78 is 5.73. The molecule has 0 aromatic carbocycles. The fourth-order valence-electron chi connectivity index (χ4n) is 2.64. The van der Waals surface area contributed by atoms with E-state index in [-0.39, 0.29) is 11.9 Å². The molecule has 4 heteroatoms. The Morgan fingerprint density at radius 2 is 2.12 bits per heavy atom. The SMILES string of the molecule is CC1CCC(CNC(C)C(=O)N2CCCC2)O1. The predicted octanol–water partition coefficient (Wildman–Crippen LogP) is 1.15. The molecule has 0 radical (unpaired) electrons. The maximum atomic E-state index is 12.0. The summed E-state index contributed by atoms with van der Waals surface area (Å²) in [6.45, 7) is 6.73. The van der Waals surface area contributed by atoms with E-state index in [2.05, 4.69) is 12.2 Å². The summed E-state index contributed by atoms with van der Waals surface area (Å²) in [7, 11) is 0. The van der Waals surface area contributed by atoms with Crippen LogP contribution in [0.25, 0.3) is 0 Å². The molecule has 0 saturated carbocycles. The zero-order chi connectivity index (χ0) is 12.3. The minimum Gasteiger partial charge on any atom is -0.374 e. The summed E-state index contributed by atoms with van der Waals surface area (Å²) in [6, 6.07) is -0.0763. The lowest BCUT2D eigenvalue weighted by atomic mass is 10.2. The summed E-state index contributed by atoms with van der Waals surface area (Å²) in [5.74, 6) is 0.244. The van der Waals surface area contributed by atoms with Gasteiger partial charge in [-0.3, -0.25) is 4.79 Å². The van der Waals surface area contributed by atoms with Gasteiger partial charge in [0.25, 0.3) is 0 Å². The number of ether oxygens (including phenoxy) is 1. The molecule has 2 rings (SSSR count).